The molecule has 1 aromatic carbocycles. The predicted octanol–water partition coefficient (Wildman–Crippen LogP) is 2.38. The average Bonchev–Trinajstić information content (AvgIpc) is 2.48. The molecule has 2 rings (SSSR count). The van der Waals surface area contributed by atoms with E-state index in [4.69, 9.17) is 4.74 Å². The zero-order valence-electron chi connectivity index (χ0n) is 11.8. The van der Waals surface area contributed by atoms with Crippen LogP contribution in [-0.4, -0.2) is 30.9 Å². The third kappa shape index (κ3) is 4.22. The van der Waals surface area contributed by atoms with Gasteiger partial charge in [0.05, 0.1) is 12.7 Å². The Morgan fingerprint density at radius 3 is 3.00 bits per heavy atom. The largest absolute Gasteiger partial charge is 0.493 e. The quantitative estimate of drug-likeness (QED) is 0.828. The van der Waals surface area contributed by atoms with Crippen LogP contribution in [0.4, 0.5) is 0 Å². The summed E-state index contributed by atoms with van der Waals surface area (Å²) in [7, 11) is 0. The zero-order chi connectivity index (χ0) is 13.5. The Balaban J connectivity index is 1.76. The standard InChI is InChI=1S/C16H25NO2/c1-2-13-6-3-4-8-16(13)19-11-9-15(18)14-7-5-10-17-12-14/h3-4,6,8,14-15,17-18H,2,5,7,9-12H2,1H3. The third-order valence-electron chi connectivity index (χ3n) is 3.90. The second-order valence-corrected chi connectivity index (χ2v) is 5.27. The summed E-state index contributed by atoms with van der Waals surface area (Å²) in [6.07, 6.45) is 3.73. The van der Waals surface area contributed by atoms with Gasteiger partial charge in [0, 0.05) is 13.0 Å². The molecule has 106 valence electrons. The van der Waals surface area contributed by atoms with Crippen molar-refractivity contribution < 1.29 is 9.84 Å². The first-order valence-corrected chi connectivity index (χ1v) is 7.40. The van der Waals surface area contributed by atoms with Gasteiger partial charge in [0.2, 0.25) is 0 Å². The van der Waals surface area contributed by atoms with Crippen LogP contribution >= 0.6 is 0 Å². The number of aliphatic hydroxyl groups excluding tert-OH is 1. The number of aryl methyl sites for hydroxylation is 1. The summed E-state index contributed by atoms with van der Waals surface area (Å²) < 4.78 is 5.81. The van der Waals surface area contributed by atoms with Crippen LogP contribution in [0.1, 0.15) is 31.7 Å². The van der Waals surface area contributed by atoms with E-state index in [-0.39, 0.29) is 6.10 Å². The van der Waals surface area contributed by atoms with Gasteiger partial charge in [-0.1, -0.05) is 25.1 Å². The highest BCUT2D eigenvalue weighted by Crippen LogP contribution is 2.20. The van der Waals surface area contributed by atoms with Gasteiger partial charge in [0.25, 0.3) is 0 Å². The number of ether oxygens (including phenoxy) is 1. The lowest BCUT2D eigenvalue weighted by Crippen LogP contribution is -2.37. The van der Waals surface area contributed by atoms with Gasteiger partial charge in [-0.2, -0.15) is 0 Å². The first-order chi connectivity index (χ1) is 9.31. The number of hydrogen-bond acceptors (Lipinski definition) is 3. The van der Waals surface area contributed by atoms with E-state index in [1.807, 2.05) is 18.2 Å². The highest BCUT2D eigenvalue weighted by Gasteiger charge is 2.21. The Bertz CT molecular complexity index is 375. The molecule has 3 heteroatoms. The van der Waals surface area contributed by atoms with Crippen molar-refractivity contribution >= 4 is 0 Å². The number of benzene rings is 1. The van der Waals surface area contributed by atoms with E-state index in [9.17, 15) is 5.11 Å². The van der Waals surface area contributed by atoms with Crippen molar-refractivity contribution in [3.8, 4) is 5.75 Å². The van der Waals surface area contributed by atoms with Gasteiger partial charge in [-0.05, 0) is 43.4 Å². The number of nitrogens with one attached hydrogen (secondary N) is 1. The van der Waals surface area contributed by atoms with E-state index >= 15 is 0 Å². The van der Waals surface area contributed by atoms with Crippen LogP contribution < -0.4 is 10.1 Å². The Morgan fingerprint density at radius 1 is 1.42 bits per heavy atom. The van der Waals surface area contributed by atoms with Gasteiger partial charge in [-0.25, -0.2) is 0 Å². The van der Waals surface area contributed by atoms with Crippen molar-refractivity contribution in [2.75, 3.05) is 19.7 Å². The molecule has 0 amide bonds. The van der Waals surface area contributed by atoms with E-state index in [0.29, 0.717) is 18.9 Å². The number of para-hydroxylation sites is 1. The minimum Gasteiger partial charge on any atom is -0.493 e. The maximum Gasteiger partial charge on any atom is 0.122 e. The topological polar surface area (TPSA) is 41.5 Å². The van der Waals surface area contributed by atoms with Gasteiger partial charge in [0.1, 0.15) is 5.75 Å². The van der Waals surface area contributed by atoms with Crippen molar-refractivity contribution in [3.63, 3.8) is 0 Å². The minimum atomic E-state index is -0.249. The van der Waals surface area contributed by atoms with E-state index in [1.54, 1.807) is 0 Å². The molecule has 1 aliphatic heterocycles. The van der Waals surface area contributed by atoms with Crippen LogP contribution in [-0.2, 0) is 6.42 Å². The summed E-state index contributed by atoms with van der Waals surface area (Å²) in [5.41, 5.74) is 1.23. The second-order valence-electron chi connectivity index (χ2n) is 5.27. The summed E-state index contributed by atoms with van der Waals surface area (Å²) in [4.78, 5) is 0. The maximum absolute atomic E-state index is 10.2. The van der Waals surface area contributed by atoms with Gasteiger partial charge in [0.15, 0.2) is 0 Å². The molecule has 3 nitrogen and oxygen atoms in total. The summed E-state index contributed by atoms with van der Waals surface area (Å²) in [5, 5.41) is 13.5. The summed E-state index contributed by atoms with van der Waals surface area (Å²) in [6.45, 7) is 4.75. The number of hydrogen-bond donors (Lipinski definition) is 2. The fourth-order valence-corrected chi connectivity index (χ4v) is 2.67. The highest BCUT2D eigenvalue weighted by molar-refractivity contribution is 5.33. The maximum atomic E-state index is 10.2. The summed E-state index contributed by atoms with van der Waals surface area (Å²) in [6, 6.07) is 8.13. The zero-order valence-corrected chi connectivity index (χ0v) is 11.8. The van der Waals surface area contributed by atoms with Crippen LogP contribution in [0.5, 0.6) is 5.75 Å². The van der Waals surface area contributed by atoms with E-state index in [2.05, 4.69) is 18.3 Å². The van der Waals surface area contributed by atoms with Crippen LogP contribution in [0.15, 0.2) is 24.3 Å². The fourth-order valence-electron chi connectivity index (χ4n) is 2.67. The predicted molar refractivity (Wildman–Crippen MR) is 77.5 cm³/mol. The Labute approximate surface area is 116 Å². The van der Waals surface area contributed by atoms with Crippen molar-refractivity contribution in [2.24, 2.45) is 5.92 Å². The Morgan fingerprint density at radius 2 is 2.26 bits per heavy atom. The average molecular weight is 263 g/mol. The molecule has 1 fully saturated rings. The van der Waals surface area contributed by atoms with Crippen LogP contribution in [0.2, 0.25) is 0 Å². The molecule has 2 atom stereocenters. The van der Waals surface area contributed by atoms with Crippen molar-refractivity contribution in [1.82, 2.24) is 5.32 Å². The number of piperidine rings is 1. The number of aliphatic hydroxyl groups is 1. The van der Waals surface area contributed by atoms with Crippen molar-refractivity contribution in [1.29, 1.82) is 0 Å². The van der Waals surface area contributed by atoms with Gasteiger partial charge < -0.3 is 15.2 Å². The normalized spacial score (nSPS) is 21.1. The van der Waals surface area contributed by atoms with Crippen LogP contribution in [0, 0.1) is 5.92 Å². The molecule has 1 aromatic rings. The molecule has 0 aliphatic carbocycles. The van der Waals surface area contributed by atoms with Gasteiger partial charge in [-0.15, -0.1) is 0 Å². The van der Waals surface area contributed by atoms with Crippen LogP contribution in [0.3, 0.4) is 0 Å². The highest BCUT2D eigenvalue weighted by atomic mass is 16.5. The van der Waals surface area contributed by atoms with Crippen LogP contribution in [0.25, 0.3) is 0 Å². The second kappa shape index (κ2) is 7.51. The van der Waals surface area contributed by atoms with E-state index < -0.39 is 0 Å². The monoisotopic (exact) mass is 263 g/mol. The van der Waals surface area contributed by atoms with Crippen molar-refractivity contribution in [2.45, 2.75) is 38.7 Å². The molecule has 1 saturated heterocycles. The van der Waals surface area contributed by atoms with Gasteiger partial charge >= 0.3 is 0 Å². The SMILES string of the molecule is CCc1ccccc1OCCC(O)C1CCCNC1. The Hall–Kier alpha value is -1.06. The van der Waals surface area contributed by atoms with E-state index in [0.717, 1.165) is 31.7 Å². The first-order valence-electron chi connectivity index (χ1n) is 7.40. The molecule has 0 bridgehead atoms. The molecular formula is C16H25NO2. The molecule has 0 saturated carbocycles. The smallest absolute Gasteiger partial charge is 0.122 e. The Kier molecular flexibility index (Phi) is 5.67. The lowest BCUT2D eigenvalue weighted by atomic mass is 9.92. The molecular weight excluding hydrogens is 238 g/mol. The lowest BCUT2D eigenvalue weighted by molar-refractivity contribution is 0.0701. The molecule has 2 unspecified atom stereocenters. The number of rotatable bonds is 6. The molecule has 1 aliphatic rings. The molecule has 0 radical (unpaired) electrons. The molecule has 1 heterocycles. The molecule has 0 spiro atoms. The summed E-state index contributed by atoms with van der Waals surface area (Å²) in [5.74, 6) is 1.35. The molecule has 0 aromatic heterocycles. The van der Waals surface area contributed by atoms with Gasteiger partial charge in [-0.3, -0.25) is 0 Å². The van der Waals surface area contributed by atoms with E-state index in [1.165, 1.54) is 12.0 Å². The minimum absolute atomic E-state index is 0.249. The lowest BCUT2D eigenvalue weighted by Gasteiger charge is -2.27. The first kappa shape index (κ1) is 14.4. The molecule has 19 heavy (non-hydrogen) atoms. The van der Waals surface area contributed by atoms with Crippen molar-refractivity contribution in [3.05, 3.63) is 29.8 Å². The molecule has 2 N–H and O–H groups in total. The third-order valence-corrected chi connectivity index (χ3v) is 3.90. The summed E-state index contributed by atoms with van der Waals surface area (Å²) >= 11 is 0. The fraction of sp³-hybridized carbons (Fsp3) is 0.625.